The Balaban J connectivity index is 1.82. The van der Waals surface area contributed by atoms with Gasteiger partial charge in [-0.1, -0.05) is 18.2 Å². The molecule has 0 saturated carbocycles. The first kappa shape index (κ1) is 16.4. The van der Waals surface area contributed by atoms with Crippen molar-refractivity contribution in [3.05, 3.63) is 63.8 Å². The number of nitrogens with zero attached hydrogens (tertiary/aromatic N) is 3. The van der Waals surface area contributed by atoms with Crippen molar-refractivity contribution < 1.29 is 0 Å². The third-order valence-corrected chi connectivity index (χ3v) is 4.24. The van der Waals surface area contributed by atoms with Gasteiger partial charge in [0, 0.05) is 10.2 Å². The van der Waals surface area contributed by atoms with Crippen LogP contribution >= 0.6 is 15.9 Å². The van der Waals surface area contributed by atoms with Gasteiger partial charge < -0.3 is 10.6 Å². The zero-order chi connectivity index (χ0) is 17.1. The molecule has 0 amide bonds. The van der Waals surface area contributed by atoms with Crippen LogP contribution in [0.1, 0.15) is 16.7 Å². The summed E-state index contributed by atoms with van der Waals surface area (Å²) in [6.45, 7) is 6.14. The van der Waals surface area contributed by atoms with Crippen LogP contribution in [0, 0.1) is 20.8 Å². The smallest absolute Gasteiger partial charge is 0.249 e. The first-order valence-electron chi connectivity index (χ1n) is 7.58. The number of hydrogen-bond donors (Lipinski definition) is 2. The average molecular weight is 384 g/mol. The molecule has 1 aromatic heterocycles. The molecule has 122 valence electrons. The molecule has 0 bridgehead atoms. The number of aromatic nitrogens is 3. The van der Waals surface area contributed by atoms with Crippen molar-refractivity contribution in [1.29, 1.82) is 0 Å². The van der Waals surface area contributed by atoms with E-state index in [9.17, 15) is 0 Å². The molecule has 0 saturated heterocycles. The zero-order valence-corrected chi connectivity index (χ0v) is 15.3. The van der Waals surface area contributed by atoms with E-state index >= 15 is 0 Å². The van der Waals surface area contributed by atoms with Gasteiger partial charge in [0.2, 0.25) is 5.95 Å². The minimum absolute atomic E-state index is 0.455. The molecule has 0 radical (unpaired) electrons. The molecular weight excluding hydrogens is 366 g/mol. The molecule has 1 heterocycles. The molecule has 2 N–H and O–H groups in total. The summed E-state index contributed by atoms with van der Waals surface area (Å²) in [6.07, 6.45) is 1.60. The van der Waals surface area contributed by atoms with Crippen molar-refractivity contribution in [2.45, 2.75) is 20.8 Å². The van der Waals surface area contributed by atoms with Crippen LogP contribution in [-0.4, -0.2) is 15.2 Å². The molecule has 0 spiro atoms. The normalized spacial score (nSPS) is 10.5. The van der Waals surface area contributed by atoms with E-state index in [-0.39, 0.29) is 0 Å². The Kier molecular flexibility index (Phi) is 4.76. The van der Waals surface area contributed by atoms with Crippen molar-refractivity contribution >= 4 is 39.1 Å². The number of hydrogen-bond acceptors (Lipinski definition) is 5. The van der Waals surface area contributed by atoms with Crippen LogP contribution in [0.2, 0.25) is 0 Å². The minimum atomic E-state index is 0.455. The van der Waals surface area contributed by atoms with Crippen LogP contribution in [0.5, 0.6) is 0 Å². The molecule has 0 aliphatic carbocycles. The minimum Gasteiger partial charge on any atom is -0.338 e. The van der Waals surface area contributed by atoms with Gasteiger partial charge in [0.05, 0.1) is 11.9 Å². The fourth-order valence-electron chi connectivity index (χ4n) is 2.27. The van der Waals surface area contributed by atoms with Crippen molar-refractivity contribution in [2.75, 3.05) is 10.6 Å². The molecule has 0 aliphatic heterocycles. The molecule has 0 unspecified atom stereocenters. The van der Waals surface area contributed by atoms with E-state index in [2.05, 4.69) is 66.9 Å². The van der Waals surface area contributed by atoms with Crippen LogP contribution in [0.25, 0.3) is 0 Å². The molecule has 3 rings (SSSR count). The summed E-state index contributed by atoms with van der Waals surface area (Å²) in [7, 11) is 0. The lowest BCUT2D eigenvalue weighted by Gasteiger charge is -2.11. The van der Waals surface area contributed by atoms with Crippen LogP contribution in [0.3, 0.4) is 0 Å². The molecule has 24 heavy (non-hydrogen) atoms. The Morgan fingerprint density at radius 1 is 0.875 bits per heavy atom. The molecule has 6 heteroatoms. The van der Waals surface area contributed by atoms with Gasteiger partial charge in [-0.15, -0.1) is 5.10 Å². The van der Waals surface area contributed by atoms with Gasteiger partial charge in [-0.3, -0.25) is 0 Å². The zero-order valence-electron chi connectivity index (χ0n) is 13.8. The largest absolute Gasteiger partial charge is 0.338 e. The highest BCUT2D eigenvalue weighted by molar-refractivity contribution is 9.10. The van der Waals surface area contributed by atoms with E-state index in [1.807, 2.05) is 32.0 Å². The van der Waals surface area contributed by atoms with E-state index < -0.39 is 0 Å². The van der Waals surface area contributed by atoms with E-state index in [1.54, 1.807) is 6.20 Å². The lowest BCUT2D eigenvalue weighted by molar-refractivity contribution is 0.981. The second kappa shape index (κ2) is 6.97. The fourth-order valence-corrected chi connectivity index (χ4v) is 2.86. The van der Waals surface area contributed by atoms with Crippen LogP contribution in [-0.2, 0) is 0 Å². The summed E-state index contributed by atoms with van der Waals surface area (Å²) in [5.41, 5.74) is 5.40. The van der Waals surface area contributed by atoms with Crippen LogP contribution in [0.15, 0.2) is 47.1 Å². The lowest BCUT2D eigenvalue weighted by atomic mass is 10.1. The van der Waals surface area contributed by atoms with Gasteiger partial charge in [-0.2, -0.15) is 10.1 Å². The number of aryl methyl sites for hydroxylation is 3. The Morgan fingerprint density at radius 3 is 2.42 bits per heavy atom. The third-order valence-electron chi connectivity index (χ3n) is 3.59. The van der Waals surface area contributed by atoms with Crippen molar-refractivity contribution in [2.24, 2.45) is 0 Å². The quantitative estimate of drug-likeness (QED) is 0.659. The maximum atomic E-state index is 4.48. The van der Waals surface area contributed by atoms with Gasteiger partial charge in [0.15, 0.2) is 5.82 Å². The number of benzene rings is 2. The molecule has 0 fully saturated rings. The summed E-state index contributed by atoms with van der Waals surface area (Å²) in [6, 6.07) is 12.3. The standard InChI is InChI=1S/C18H18BrN5/c1-11-5-7-15(14(19)8-11)21-17-10-20-24-18(23-17)22-16-9-12(2)4-6-13(16)3/h4-10H,1-3H3,(H2,21,22,23,24). The average Bonchev–Trinajstić information content (AvgIpc) is 2.54. The van der Waals surface area contributed by atoms with Crippen LogP contribution < -0.4 is 10.6 Å². The van der Waals surface area contributed by atoms with Gasteiger partial charge in [-0.05, 0) is 71.6 Å². The first-order valence-corrected chi connectivity index (χ1v) is 8.38. The van der Waals surface area contributed by atoms with E-state index in [0.29, 0.717) is 11.8 Å². The van der Waals surface area contributed by atoms with E-state index in [0.717, 1.165) is 21.4 Å². The Morgan fingerprint density at radius 2 is 1.62 bits per heavy atom. The molecule has 2 aromatic carbocycles. The van der Waals surface area contributed by atoms with Gasteiger partial charge >= 0.3 is 0 Å². The van der Waals surface area contributed by atoms with Crippen LogP contribution in [0.4, 0.5) is 23.1 Å². The highest BCUT2D eigenvalue weighted by atomic mass is 79.9. The van der Waals surface area contributed by atoms with E-state index in [4.69, 9.17) is 0 Å². The lowest BCUT2D eigenvalue weighted by Crippen LogP contribution is -2.03. The molecule has 3 aromatic rings. The molecule has 0 atom stereocenters. The summed E-state index contributed by atoms with van der Waals surface area (Å²) >= 11 is 3.55. The second-order valence-electron chi connectivity index (χ2n) is 5.72. The van der Waals surface area contributed by atoms with E-state index in [1.165, 1.54) is 11.1 Å². The number of nitrogens with one attached hydrogen (secondary N) is 2. The first-order chi connectivity index (χ1) is 11.5. The summed E-state index contributed by atoms with van der Waals surface area (Å²) in [4.78, 5) is 4.48. The van der Waals surface area contributed by atoms with Gasteiger partial charge in [0.1, 0.15) is 0 Å². The van der Waals surface area contributed by atoms with Crippen molar-refractivity contribution in [1.82, 2.24) is 15.2 Å². The molecule has 0 aliphatic rings. The Bertz CT molecular complexity index is 879. The predicted molar refractivity (Wildman–Crippen MR) is 101 cm³/mol. The maximum absolute atomic E-state index is 4.48. The number of halogens is 1. The summed E-state index contributed by atoms with van der Waals surface area (Å²) < 4.78 is 0.977. The molecular formula is C18H18BrN5. The highest BCUT2D eigenvalue weighted by Gasteiger charge is 2.06. The second-order valence-corrected chi connectivity index (χ2v) is 6.57. The number of rotatable bonds is 4. The Hall–Kier alpha value is -2.47. The van der Waals surface area contributed by atoms with Crippen molar-refractivity contribution in [3.8, 4) is 0 Å². The summed E-state index contributed by atoms with van der Waals surface area (Å²) in [5.74, 6) is 1.08. The SMILES string of the molecule is Cc1ccc(Nc2cnnc(Nc3cc(C)ccc3C)n2)c(Br)c1. The maximum Gasteiger partial charge on any atom is 0.249 e. The van der Waals surface area contributed by atoms with Gasteiger partial charge in [0.25, 0.3) is 0 Å². The summed E-state index contributed by atoms with van der Waals surface area (Å²) in [5, 5.41) is 14.6. The monoisotopic (exact) mass is 383 g/mol. The van der Waals surface area contributed by atoms with Crippen molar-refractivity contribution in [3.63, 3.8) is 0 Å². The number of anilines is 4. The predicted octanol–water partition coefficient (Wildman–Crippen LogP) is 5.05. The third kappa shape index (κ3) is 3.89. The fraction of sp³-hybridized carbons (Fsp3) is 0.167. The van der Waals surface area contributed by atoms with Gasteiger partial charge in [-0.25, -0.2) is 0 Å². The Labute approximate surface area is 149 Å². The highest BCUT2D eigenvalue weighted by Crippen LogP contribution is 2.26. The topological polar surface area (TPSA) is 62.7 Å². The molecule has 5 nitrogen and oxygen atoms in total.